The lowest BCUT2D eigenvalue weighted by atomic mass is 10.2. The number of nitrogens with one attached hydrogen (secondary N) is 1. The summed E-state index contributed by atoms with van der Waals surface area (Å²) in [5.41, 5.74) is 3.09. The monoisotopic (exact) mass is 398 g/mol. The third kappa shape index (κ3) is 4.26. The minimum absolute atomic E-state index is 0.207. The fraction of sp³-hybridized carbons (Fsp3) is 0.200. The van der Waals surface area contributed by atoms with Crippen LogP contribution in [0.3, 0.4) is 0 Å². The van der Waals surface area contributed by atoms with Crippen LogP contribution in [-0.4, -0.2) is 41.2 Å². The molecule has 4 nitrogen and oxygen atoms in total. The van der Waals surface area contributed by atoms with Gasteiger partial charge in [-0.25, -0.2) is 9.37 Å². The van der Waals surface area contributed by atoms with Gasteiger partial charge in [0.15, 0.2) is 10.2 Å². The number of benzene rings is 2. The highest BCUT2D eigenvalue weighted by molar-refractivity contribution is 7.80. The van der Waals surface area contributed by atoms with E-state index in [9.17, 15) is 4.39 Å². The lowest BCUT2D eigenvalue weighted by Crippen LogP contribution is -2.50. The average molecular weight is 399 g/mol. The van der Waals surface area contributed by atoms with Crippen molar-refractivity contribution >= 4 is 39.5 Å². The molecule has 2 aromatic carbocycles. The van der Waals surface area contributed by atoms with Crippen LogP contribution in [-0.2, 0) is 0 Å². The van der Waals surface area contributed by atoms with E-state index in [4.69, 9.17) is 12.2 Å². The summed E-state index contributed by atoms with van der Waals surface area (Å²) in [5.74, 6) is -0.207. The number of piperazine rings is 1. The Bertz CT molecular complexity index is 903. The van der Waals surface area contributed by atoms with Crippen molar-refractivity contribution in [1.29, 1.82) is 0 Å². The van der Waals surface area contributed by atoms with Gasteiger partial charge in [-0.15, -0.1) is 11.3 Å². The maximum absolute atomic E-state index is 13.1. The molecule has 1 N–H and O–H groups in total. The van der Waals surface area contributed by atoms with Gasteiger partial charge in [-0.05, 0) is 36.5 Å². The highest BCUT2D eigenvalue weighted by atomic mass is 32.1. The molecule has 138 valence electrons. The first-order valence-corrected chi connectivity index (χ1v) is 10.1. The maximum Gasteiger partial charge on any atom is 0.189 e. The molecule has 2 heterocycles. The zero-order valence-electron chi connectivity index (χ0n) is 14.6. The van der Waals surface area contributed by atoms with E-state index in [-0.39, 0.29) is 5.82 Å². The molecule has 0 unspecified atom stereocenters. The van der Waals surface area contributed by atoms with Gasteiger partial charge in [-0.2, -0.15) is 0 Å². The number of hydrogen-bond donors (Lipinski definition) is 1. The summed E-state index contributed by atoms with van der Waals surface area (Å²) < 4.78 is 13.1. The molecule has 1 aromatic heterocycles. The van der Waals surface area contributed by atoms with Gasteiger partial charge < -0.3 is 15.1 Å². The van der Waals surface area contributed by atoms with Crippen molar-refractivity contribution in [2.45, 2.75) is 0 Å². The lowest BCUT2D eigenvalue weighted by molar-refractivity contribution is 0.391. The number of rotatable bonds is 3. The van der Waals surface area contributed by atoms with E-state index in [0.717, 1.165) is 48.3 Å². The van der Waals surface area contributed by atoms with E-state index in [1.165, 1.54) is 12.1 Å². The number of hydrogen-bond acceptors (Lipinski definition) is 4. The van der Waals surface area contributed by atoms with Gasteiger partial charge in [0.1, 0.15) is 5.82 Å². The van der Waals surface area contributed by atoms with Gasteiger partial charge in [0, 0.05) is 42.8 Å². The second-order valence-electron chi connectivity index (χ2n) is 6.28. The fourth-order valence-electron chi connectivity index (χ4n) is 3.06. The molecule has 0 atom stereocenters. The Balaban J connectivity index is 1.33. The first-order chi connectivity index (χ1) is 13.2. The molecular formula is C20H19FN4S2. The standard InChI is InChI=1S/C20H19FN4S2/c21-16-6-8-17(9-7-16)24-10-12-25(13-11-24)20(26)23-19-22-18(14-27-19)15-4-2-1-3-5-15/h1-9,14H,10-13H2,(H,22,23,26). The summed E-state index contributed by atoms with van der Waals surface area (Å²) >= 11 is 7.12. The molecule has 1 aliphatic rings. The van der Waals surface area contributed by atoms with Crippen LogP contribution in [0.25, 0.3) is 11.3 Å². The summed E-state index contributed by atoms with van der Waals surface area (Å²) in [4.78, 5) is 9.03. The zero-order valence-corrected chi connectivity index (χ0v) is 16.3. The number of aromatic nitrogens is 1. The minimum Gasteiger partial charge on any atom is -0.368 e. The molecule has 1 saturated heterocycles. The number of thiazole rings is 1. The molecule has 0 spiro atoms. The van der Waals surface area contributed by atoms with Gasteiger partial charge in [-0.3, -0.25) is 0 Å². The summed E-state index contributed by atoms with van der Waals surface area (Å²) in [6.45, 7) is 3.33. The number of thiocarbonyl (C=S) groups is 1. The van der Waals surface area contributed by atoms with Crippen molar-refractivity contribution in [2.24, 2.45) is 0 Å². The van der Waals surface area contributed by atoms with Gasteiger partial charge in [0.2, 0.25) is 0 Å². The first kappa shape index (κ1) is 17.9. The van der Waals surface area contributed by atoms with Crippen LogP contribution in [0.4, 0.5) is 15.2 Å². The van der Waals surface area contributed by atoms with E-state index in [2.05, 4.69) is 20.1 Å². The Hall–Kier alpha value is -2.51. The van der Waals surface area contributed by atoms with Crippen molar-refractivity contribution in [1.82, 2.24) is 9.88 Å². The lowest BCUT2D eigenvalue weighted by Gasteiger charge is -2.37. The van der Waals surface area contributed by atoms with Crippen LogP contribution in [0.15, 0.2) is 60.0 Å². The Morgan fingerprint density at radius 2 is 1.70 bits per heavy atom. The van der Waals surface area contributed by atoms with Crippen molar-refractivity contribution < 1.29 is 4.39 Å². The Kier molecular flexibility index (Phi) is 5.31. The maximum atomic E-state index is 13.1. The molecule has 1 aliphatic heterocycles. The van der Waals surface area contributed by atoms with E-state index in [0.29, 0.717) is 5.11 Å². The van der Waals surface area contributed by atoms with Crippen LogP contribution >= 0.6 is 23.6 Å². The van der Waals surface area contributed by atoms with E-state index in [1.54, 1.807) is 11.3 Å². The highest BCUT2D eigenvalue weighted by Gasteiger charge is 2.20. The predicted molar refractivity (Wildman–Crippen MR) is 114 cm³/mol. The van der Waals surface area contributed by atoms with E-state index >= 15 is 0 Å². The fourth-order valence-corrected chi connectivity index (χ4v) is 4.13. The summed E-state index contributed by atoms with van der Waals surface area (Å²) in [7, 11) is 0. The smallest absolute Gasteiger partial charge is 0.189 e. The zero-order chi connectivity index (χ0) is 18.6. The molecule has 1 fully saturated rings. The predicted octanol–water partition coefficient (Wildman–Crippen LogP) is 4.47. The van der Waals surface area contributed by atoms with Crippen LogP contribution < -0.4 is 10.2 Å². The topological polar surface area (TPSA) is 31.4 Å². The number of anilines is 2. The van der Waals surface area contributed by atoms with Crippen molar-refractivity contribution in [3.8, 4) is 11.3 Å². The van der Waals surface area contributed by atoms with Crippen LogP contribution in [0.1, 0.15) is 0 Å². The Morgan fingerprint density at radius 3 is 2.41 bits per heavy atom. The summed E-state index contributed by atoms with van der Waals surface area (Å²) in [5, 5.41) is 6.80. The average Bonchev–Trinajstić information content (AvgIpc) is 3.18. The number of nitrogens with zero attached hydrogens (tertiary/aromatic N) is 3. The number of halogens is 1. The normalized spacial score (nSPS) is 14.3. The molecule has 0 radical (unpaired) electrons. The molecule has 4 rings (SSSR count). The first-order valence-electron chi connectivity index (χ1n) is 8.76. The molecule has 7 heteroatoms. The molecule has 3 aromatic rings. The Labute approximate surface area is 167 Å². The van der Waals surface area contributed by atoms with E-state index in [1.807, 2.05) is 47.8 Å². The summed E-state index contributed by atoms with van der Waals surface area (Å²) in [6.07, 6.45) is 0. The quantitative estimate of drug-likeness (QED) is 0.658. The molecule has 0 aliphatic carbocycles. The Morgan fingerprint density at radius 1 is 1.00 bits per heavy atom. The molecular weight excluding hydrogens is 379 g/mol. The van der Waals surface area contributed by atoms with Gasteiger partial charge in [-0.1, -0.05) is 30.3 Å². The van der Waals surface area contributed by atoms with Crippen molar-refractivity contribution in [3.63, 3.8) is 0 Å². The second-order valence-corrected chi connectivity index (χ2v) is 7.53. The van der Waals surface area contributed by atoms with Crippen molar-refractivity contribution in [3.05, 3.63) is 65.8 Å². The van der Waals surface area contributed by atoms with Crippen LogP contribution in [0.5, 0.6) is 0 Å². The minimum atomic E-state index is -0.207. The van der Waals surface area contributed by atoms with Crippen LogP contribution in [0.2, 0.25) is 0 Å². The molecule has 0 saturated carbocycles. The summed E-state index contributed by atoms with van der Waals surface area (Å²) in [6, 6.07) is 16.7. The van der Waals surface area contributed by atoms with Gasteiger partial charge in [0.25, 0.3) is 0 Å². The van der Waals surface area contributed by atoms with E-state index < -0.39 is 0 Å². The molecule has 27 heavy (non-hydrogen) atoms. The third-order valence-electron chi connectivity index (χ3n) is 4.55. The van der Waals surface area contributed by atoms with Crippen molar-refractivity contribution in [2.75, 3.05) is 36.4 Å². The largest absolute Gasteiger partial charge is 0.368 e. The SMILES string of the molecule is Fc1ccc(N2CCN(C(=S)Nc3nc(-c4ccccc4)cs3)CC2)cc1. The van der Waals surface area contributed by atoms with Gasteiger partial charge >= 0.3 is 0 Å². The molecule has 0 amide bonds. The third-order valence-corrected chi connectivity index (χ3v) is 5.66. The molecule has 0 bridgehead atoms. The second kappa shape index (κ2) is 8.02. The van der Waals surface area contributed by atoms with Crippen LogP contribution in [0, 0.1) is 5.82 Å². The highest BCUT2D eigenvalue weighted by Crippen LogP contribution is 2.25. The van der Waals surface area contributed by atoms with Gasteiger partial charge in [0.05, 0.1) is 5.69 Å².